The summed E-state index contributed by atoms with van der Waals surface area (Å²) in [6, 6.07) is 11.5. The molecule has 1 aromatic carbocycles. The lowest BCUT2D eigenvalue weighted by molar-refractivity contribution is 0.187. The number of aromatic nitrogens is 2. The van der Waals surface area contributed by atoms with Gasteiger partial charge in [-0.05, 0) is 13.3 Å². The van der Waals surface area contributed by atoms with Crippen molar-refractivity contribution in [3.63, 3.8) is 0 Å². The average molecular weight is 272 g/mol. The maximum Gasteiger partial charge on any atom is 0.163 e. The maximum atomic E-state index is 9.35. The van der Waals surface area contributed by atoms with Crippen LogP contribution in [-0.4, -0.2) is 34.8 Å². The number of nitrogens with two attached hydrogens (primary N) is 1. The van der Waals surface area contributed by atoms with Crippen molar-refractivity contribution in [2.75, 3.05) is 24.2 Å². The zero-order chi connectivity index (χ0) is 14.5. The van der Waals surface area contributed by atoms with Crippen LogP contribution < -0.4 is 10.6 Å². The van der Waals surface area contributed by atoms with Crippen LogP contribution in [-0.2, 0) is 0 Å². The lowest BCUT2D eigenvalue weighted by Gasteiger charge is -2.19. The summed E-state index contributed by atoms with van der Waals surface area (Å²) in [5.74, 6) is 1.82. The topological polar surface area (TPSA) is 75.3 Å². The molecule has 20 heavy (non-hydrogen) atoms. The summed E-state index contributed by atoms with van der Waals surface area (Å²) in [6.45, 7) is 2.49. The summed E-state index contributed by atoms with van der Waals surface area (Å²) >= 11 is 0. The molecule has 5 heteroatoms. The summed E-state index contributed by atoms with van der Waals surface area (Å²) < 4.78 is 0. The van der Waals surface area contributed by atoms with Crippen LogP contribution in [0, 0.1) is 0 Å². The van der Waals surface area contributed by atoms with E-state index in [0.717, 1.165) is 11.4 Å². The minimum absolute atomic E-state index is 0.328. The van der Waals surface area contributed by atoms with Crippen LogP contribution in [0.25, 0.3) is 11.4 Å². The van der Waals surface area contributed by atoms with Gasteiger partial charge in [-0.15, -0.1) is 0 Å². The van der Waals surface area contributed by atoms with Gasteiger partial charge in [0.15, 0.2) is 5.82 Å². The zero-order valence-electron chi connectivity index (χ0n) is 11.8. The molecule has 1 heterocycles. The third kappa shape index (κ3) is 3.68. The average Bonchev–Trinajstić information content (AvgIpc) is 2.45. The van der Waals surface area contributed by atoms with E-state index in [2.05, 4.69) is 9.97 Å². The van der Waals surface area contributed by atoms with E-state index in [1.54, 1.807) is 13.0 Å². The summed E-state index contributed by atoms with van der Waals surface area (Å²) in [5, 5.41) is 9.35. The fourth-order valence-electron chi connectivity index (χ4n) is 1.86. The molecule has 1 unspecified atom stereocenters. The number of aliphatic hydroxyl groups is 1. The molecule has 106 valence electrons. The molecule has 0 saturated heterocycles. The standard InChI is InChI=1S/C15H20N4O/c1-11(20)8-9-19(2)14-10-13(16)17-15(18-14)12-6-4-3-5-7-12/h3-7,10-11,20H,8-9H2,1-2H3,(H2,16,17,18). The van der Waals surface area contributed by atoms with Gasteiger partial charge in [0.25, 0.3) is 0 Å². The van der Waals surface area contributed by atoms with Crippen LogP contribution in [0.15, 0.2) is 36.4 Å². The molecular formula is C15H20N4O. The molecule has 1 atom stereocenters. The smallest absolute Gasteiger partial charge is 0.163 e. The van der Waals surface area contributed by atoms with E-state index in [4.69, 9.17) is 5.73 Å². The second kappa shape index (κ2) is 6.34. The van der Waals surface area contributed by atoms with Gasteiger partial charge in [-0.2, -0.15) is 0 Å². The van der Waals surface area contributed by atoms with Crippen LogP contribution in [0.5, 0.6) is 0 Å². The van der Waals surface area contributed by atoms with E-state index < -0.39 is 0 Å². The van der Waals surface area contributed by atoms with Gasteiger partial charge in [-0.3, -0.25) is 0 Å². The first-order valence-electron chi connectivity index (χ1n) is 6.65. The minimum Gasteiger partial charge on any atom is -0.393 e. The molecule has 0 radical (unpaired) electrons. The van der Waals surface area contributed by atoms with Crippen molar-refractivity contribution < 1.29 is 5.11 Å². The molecule has 2 rings (SSSR count). The molecule has 0 amide bonds. The fourth-order valence-corrected chi connectivity index (χ4v) is 1.86. The van der Waals surface area contributed by atoms with Gasteiger partial charge in [-0.25, -0.2) is 9.97 Å². The van der Waals surface area contributed by atoms with E-state index in [0.29, 0.717) is 24.6 Å². The molecule has 0 aliphatic carbocycles. The first kappa shape index (κ1) is 14.3. The number of anilines is 2. The third-order valence-electron chi connectivity index (χ3n) is 3.04. The minimum atomic E-state index is -0.328. The van der Waals surface area contributed by atoms with Crippen molar-refractivity contribution in [2.24, 2.45) is 0 Å². The Morgan fingerprint density at radius 2 is 1.95 bits per heavy atom. The van der Waals surface area contributed by atoms with E-state index in [1.807, 2.05) is 42.3 Å². The normalized spacial score (nSPS) is 12.2. The van der Waals surface area contributed by atoms with Gasteiger partial charge in [0.1, 0.15) is 11.6 Å². The van der Waals surface area contributed by atoms with Crippen LogP contribution in [0.3, 0.4) is 0 Å². The number of rotatable bonds is 5. The molecule has 0 aliphatic heterocycles. The van der Waals surface area contributed by atoms with Crippen molar-refractivity contribution >= 4 is 11.6 Å². The second-order valence-corrected chi connectivity index (χ2v) is 4.90. The van der Waals surface area contributed by atoms with E-state index in [-0.39, 0.29) is 6.10 Å². The molecule has 3 N–H and O–H groups in total. The first-order valence-corrected chi connectivity index (χ1v) is 6.65. The highest BCUT2D eigenvalue weighted by Gasteiger charge is 2.09. The molecule has 5 nitrogen and oxygen atoms in total. The Labute approximate surface area is 119 Å². The molecule has 0 bridgehead atoms. The second-order valence-electron chi connectivity index (χ2n) is 4.90. The van der Waals surface area contributed by atoms with Crippen molar-refractivity contribution in [3.05, 3.63) is 36.4 Å². The maximum absolute atomic E-state index is 9.35. The lowest BCUT2D eigenvalue weighted by atomic mass is 10.2. The van der Waals surface area contributed by atoms with Crippen molar-refractivity contribution in [1.29, 1.82) is 0 Å². The van der Waals surface area contributed by atoms with Crippen LogP contribution in [0.4, 0.5) is 11.6 Å². The van der Waals surface area contributed by atoms with Gasteiger partial charge < -0.3 is 15.7 Å². The van der Waals surface area contributed by atoms with Gasteiger partial charge >= 0.3 is 0 Å². The summed E-state index contributed by atoms with van der Waals surface area (Å²) in [4.78, 5) is 10.8. The Balaban J connectivity index is 2.25. The Morgan fingerprint density at radius 3 is 2.60 bits per heavy atom. The van der Waals surface area contributed by atoms with Crippen LogP contribution >= 0.6 is 0 Å². The Kier molecular flexibility index (Phi) is 4.53. The van der Waals surface area contributed by atoms with Crippen LogP contribution in [0.1, 0.15) is 13.3 Å². The van der Waals surface area contributed by atoms with Crippen molar-refractivity contribution in [2.45, 2.75) is 19.4 Å². The number of nitrogen functional groups attached to an aromatic ring is 1. The predicted octanol–water partition coefficient (Wildman–Crippen LogP) is 1.93. The third-order valence-corrected chi connectivity index (χ3v) is 3.04. The molecule has 0 spiro atoms. The summed E-state index contributed by atoms with van der Waals surface area (Å²) in [6.07, 6.45) is 0.353. The predicted molar refractivity (Wildman–Crippen MR) is 81.4 cm³/mol. The Morgan fingerprint density at radius 1 is 1.25 bits per heavy atom. The largest absolute Gasteiger partial charge is 0.393 e. The lowest BCUT2D eigenvalue weighted by Crippen LogP contribution is -2.23. The Hall–Kier alpha value is -2.14. The van der Waals surface area contributed by atoms with Crippen molar-refractivity contribution in [1.82, 2.24) is 9.97 Å². The van der Waals surface area contributed by atoms with Gasteiger partial charge in [0, 0.05) is 25.2 Å². The highest BCUT2D eigenvalue weighted by Crippen LogP contribution is 2.20. The number of hydrogen-bond donors (Lipinski definition) is 2. The molecule has 1 aromatic heterocycles. The number of benzene rings is 1. The fraction of sp³-hybridized carbons (Fsp3) is 0.333. The first-order chi connectivity index (χ1) is 9.56. The summed E-state index contributed by atoms with van der Waals surface area (Å²) in [5.41, 5.74) is 6.80. The highest BCUT2D eigenvalue weighted by atomic mass is 16.3. The molecule has 2 aromatic rings. The van der Waals surface area contributed by atoms with Crippen molar-refractivity contribution in [3.8, 4) is 11.4 Å². The number of hydrogen-bond acceptors (Lipinski definition) is 5. The summed E-state index contributed by atoms with van der Waals surface area (Å²) in [7, 11) is 1.93. The molecule has 0 saturated carbocycles. The highest BCUT2D eigenvalue weighted by molar-refractivity contribution is 5.60. The monoisotopic (exact) mass is 272 g/mol. The quantitative estimate of drug-likeness (QED) is 0.870. The van der Waals surface area contributed by atoms with E-state index in [9.17, 15) is 5.11 Å². The SMILES string of the molecule is CC(O)CCN(C)c1cc(N)nc(-c2ccccc2)n1. The van der Waals surface area contributed by atoms with E-state index in [1.165, 1.54) is 0 Å². The van der Waals surface area contributed by atoms with Gasteiger partial charge in [-0.1, -0.05) is 30.3 Å². The van der Waals surface area contributed by atoms with E-state index >= 15 is 0 Å². The Bertz CT molecular complexity index is 557. The van der Waals surface area contributed by atoms with Gasteiger partial charge in [0.05, 0.1) is 6.10 Å². The van der Waals surface area contributed by atoms with Gasteiger partial charge in [0.2, 0.25) is 0 Å². The molecular weight excluding hydrogens is 252 g/mol. The zero-order valence-corrected chi connectivity index (χ0v) is 11.8. The number of aliphatic hydroxyl groups excluding tert-OH is 1. The van der Waals surface area contributed by atoms with Crippen LogP contribution in [0.2, 0.25) is 0 Å². The number of nitrogens with zero attached hydrogens (tertiary/aromatic N) is 3. The molecule has 0 aliphatic rings. The molecule has 0 fully saturated rings.